The fraction of sp³-hybridized carbons (Fsp3) is 0.167. The number of thiophene rings is 1. The minimum Gasteiger partial charge on any atom is -0.493 e. The molecule has 1 aromatic carbocycles. The van der Waals surface area contributed by atoms with Crippen LogP contribution in [0.25, 0.3) is 21.7 Å². The van der Waals surface area contributed by atoms with E-state index in [0.29, 0.717) is 33.4 Å². The van der Waals surface area contributed by atoms with Gasteiger partial charge >= 0.3 is 0 Å². The lowest BCUT2D eigenvalue weighted by Crippen LogP contribution is -2.23. The lowest BCUT2D eigenvalue weighted by atomic mass is 10.2. The van der Waals surface area contributed by atoms with Crippen molar-refractivity contribution in [3.63, 3.8) is 0 Å². The maximum absolute atomic E-state index is 12.6. The first-order valence-corrected chi connectivity index (χ1v) is 9.65. The van der Waals surface area contributed by atoms with Gasteiger partial charge in [0.25, 0.3) is 5.56 Å². The lowest BCUT2D eigenvalue weighted by molar-refractivity contribution is 0.311. The molecule has 0 aliphatic carbocycles. The zero-order chi connectivity index (χ0) is 18.1. The lowest BCUT2D eigenvalue weighted by Gasteiger charge is -2.09. The number of rotatable bonds is 5. The quantitative estimate of drug-likeness (QED) is 0.529. The molecule has 6 nitrogen and oxygen atoms in total. The van der Waals surface area contributed by atoms with Crippen LogP contribution in [0.1, 0.15) is 12.5 Å². The predicted molar refractivity (Wildman–Crippen MR) is 103 cm³/mol. The van der Waals surface area contributed by atoms with Crippen molar-refractivity contribution in [1.29, 1.82) is 0 Å². The Hall–Kier alpha value is -2.71. The summed E-state index contributed by atoms with van der Waals surface area (Å²) in [4.78, 5) is 18.6. The second-order valence-corrected chi connectivity index (χ2v) is 7.32. The van der Waals surface area contributed by atoms with Crippen molar-refractivity contribution >= 4 is 33.7 Å². The molecule has 0 saturated carbocycles. The van der Waals surface area contributed by atoms with Crippen LogP contribution in [-0.4, -0.2) is 28.3 Å². The molecule has 4 aromatic rings. The van der Waals surface area contributed by atoms with E-state index in [-0.39, 0.29) is 5.56 Å². The molecule has 0 aliphatic heterocycles. The molecule has 26 heavy (non-hydrogen) atoms. The van der Waals surface area contributed by atoms with Gasteiger partial charge in [-0.25, -0.2) is 0 Å². The van der Waals surface area contributed by atoms with Crippen LogP contribution < -0.4 is 19.6 Å². The Morgan fingerprint density at radius 3 is 2.85 bits per heavy atom. The highest BCUT2D eigenvalue weighted by atomic mass is 32.1. The molecule has 0 saturated heterocycles. The van der Waals surface area contributed by atoms with Crippen LogP contribution in [0.15, 0.2) is 40.5 Å². The molecule has 0 N–H and O–H groups in total. The summed E-state index contributed by atoms with van der Waals surface area (Å²) >= 11 is 2.87. The SMILES string of the molecule is CCOc1ccc(/C=c2/sc3nc(-c4cccs4)nn3c2=O)cc1OC. The summed E-state index contributed by atoms with van der Waals surface area (Å²) < 4.78 is 12.8. The number of methoxy groups -OCH3 is 1. The molecular weight excluding hydrogens is 370 g/mol. The van der Waals surface area contributed by atoms with E-state index >= 15 is 0 Å². The number of hydrogen-bond donors (Lipinski definition) is 0. The van der Waals surface area contributed by atoms with Gasteiger partial charge in [0.05, 0.1) is 23.1 Å². The molecule has 0 bridgehead atoms. The van der Waals surface area contributed by atoms with E-state index in [1.165, 1.54) is 15.9 Å². The molecule has 0 radical (unpaired) electrons. The van der Waals surface area contributed by atoms with Crippen LogP contribution in [0.5, 0.6) is 11.5 Å². The van der Waals surface area contributed by atoms with E-state index in [4.69, 9.17) is 9.47 Å². The Labute approximate surface area is 157 Å². The van der Waals surface area contributed by atoms with Crippen LogP contribution in [0, 0.1) is 0 Å². The van der Waals surface area contributed by atoms with Gasteiger partial charge in [0.15, 0.2) is 17.3 Å². The Kier molecular flexibility index (Phi) is 4.44. The van der Waals surface area contributed by atoms with Gasteiger partial charge < -0.3 is 9.47 Å². The number of nitrogens with zero attached hydrogens (tertiary/aromatic N) is 3. The Balaban J connectivity index is 1.76. The monoisotopic (exact) mass is 385 g/mol. The average Bonchev–Trinajstić information content (AvgIpc) is 3.35. The minimum atomic E-state index is -0.173. The predicted octanol–water partition coefficient (Wildman–Crippen LogP) is 2.83. The highest BCUT2D eigenvalue weighted by Gasteiger charge is 2.12. The smallest absolute Gasteiger partial charge is 0.291 e. The zero-order valence-electron chi connectivity index (χ0n) is 14.1. The van der Waals surface area contributed by atoms with Crippen molar-refractivity contribution in [2.45, 2.75) is 6.92 Å². The standard InChI is InChI=1S/C18H15N3O3S2/c1-3-24-12-7-6-11(9-13(12)23-2)10-15-17(22)21-18(26-15)19-16(20-21)14-5-4-8-25-14/h4-10H,3H2,1-2H3/b15-10+. The highest BCUT2D eigenvalue weighted by Crippen LogP contribution is 2.28. The van der Waals surface area contributed by atoms with Crippen LogP contribution in [0.3, 0.4) is 0 Å². The number of ether oxygens (including phenoxy) is 2. The summed E-state index contributed by atoms with van der Waals surface area (Å²) in [5, 5.41) is 6.30. The van der Waals surface area contributed by atoms with Crippen molar-refractivity contribution in [3.05, 3.63) is 56.2 Å². The highest BCUT2D eigenvalue weighted by molar-refractivity contribution is 7.15. The molecule has 4 rings (SSSR count). The fourth-order valence-electron chi connectivity index (χ4n) is 2.54. The topological polar surface area (TPSA) is 65.7 Å². The van der Waals surface area contributed by atoms with Crippen molar-refractivity contribution < 1.29 is 9.47 Å². The van der Waals surface area contributed by atoms with Gasteiger partial charge in [0.1, 0.15) is 0 Å². The van der Waals surface area contributed by atoms with Crippen LogP contribution in [0.4, 0.5) is 0 Å². The van der Waals surface area contributed by atoms with Gasteiger partial charge in [-0.2, -0.15) is 9.50 Å². The largest absolute Gasteiger partial charge is 0.493 e. The third-order valence-corrected chi connectivity index (χ3v) is 5.53. The third kappa shape index (κ3) is 2.97. The van der Waals surface area contributed by atoms with Crippen molar-refractivity contribution in [2.24, 2.45) is 0 Å². The molecule has 0 atom stereocenters. The first-order valence-electron chi connectivity index (χ1n) is 7.95. The van der Waals surface area contributed by atoms with Crippen molar-refractivity contribution in [1.82, 2.24) is 14.6 Å². The van der Waals surface area contributed by atoms with E-state index in [2.05, 4.69) is 10.1 Å². The molecule has 3 heterocycles. The van der Waals surface area contributed by atoms with E-state index in [9.17, 15) is 4.79 Å². The number of hydrogen-bond acceptors (Lipinski definition) is 7. The van der Waals surface area contributed by atoms with Crippen LogP contribution >= 0.6 is 22.7 Å². The average molecular weight is 385 g/mol. The number of fused-ring (bicyclic) bond motifs is 1. The summed E-state index contributed by atoms with van der Waals surface area (Å²) in [7, 11) is 1.59. The van der Waals surface area contributed by atoms with E-state index < -0.39 is 0 Å². The summed E-state index contributed by atoms with van der Waals surface area (Å²) in [6.45, 7) is 2.48. The third-order valence-electron chi connectivity index (χ3n) is 3.71. The molecule has 3 aromatic heterocycles. The maximum Gasteiger partial charge on any atom is 0.291 e. The van der Waals surface area contributed by atoms with Gasteiger partial charge in [0.2, 0.25) is 4.96 Å². The molecule has 132 valence electrons. The second kappa shape index (κ2) is 6.89. The van der Waals surface area contributed by atoms with Gasteiger partial charge in [0, 0.05) is 0 Å². The van der Waals surface area contributed by atoms with E-state index in [0.717, 1.165) is 10.4 Å². The molecule has 0 amide bonds. The molecule has 0 aliphatic rings. The second-order valence-electron chi connectivity index (χ2n) is 5.37. The maximum atomic E-state index is 12.6. The summed E-state index contributed by atoms with van der Waals surface area (Å²) in [5.41, 5.74) is 0.679. The van der Waals surface area contributed by atoms with Gasteiger partial charge in [-0.05, 0) is 42.1 Å². The Morgan fingerprint density at radius 2 is 2.15 bits per heavy atom. The fourth-order valence-corrected chi connectivity index (χ4v) is 4.10. The molecular formula is C18H15N3O3S2. The summed E-state index contributed by atoms with van der Waals surface area (Å²) in [6, 6.07) is 9.45. The summed E-state index contributed by atoms with van der Waals surface area (Å²) in [5.74, 6) is 1.89. The van der Waals surface area contributed by atoms with Crippen LogP contribution in [0.2, 0.25) is 0 Å². The Bertz CT molecular complexity index is 1160. The van der Waals surface area contributed by atoms with Gasteiger partial charge in [-0.15, -0.1) is 16.4 Å². The zero-order valence-corrected chi connectivity index (χ0v) is 15.8. The molecule has 0 spiro atoms. The van der Waals surface area contributed by atoms with Crippen molar-refractivity contribution in [2.75, 3.05) is 13.7 Å². The molecule has 0 unspecified atom stereocenters. The van der Waals surface area contributed by atoms with Crippen molar-refractivity contribution in [3.8, 4) is 22.2 Å². The van der Waals surface area contributed by atoms with E-state index in [1.54, 1.807) is 18.4 Å². The first kappa shape index (κ1) is 16.7. The van der Waals surface area contributed by atoms with Gasteiger partial charge in [-0.3, -0.25) is 4.79 Å². The summed E-state index contributed by atoms with van der Waals surface area (Å²) in [6.07, 6.45) is 1.81. The van der Waals surface area contributed by atoms with E-state index in [1.807, 2.05) is 48.7 Å². The normalized spacial score (nSPS) is 12.0. The number of aromatic nitrogens is 3. The molecule has 0 fully saturated rings. The molecule has 8 heteroatoms. The van der Waals surface area contributed by atoms with Gasteiger partial charge in [-0.1, -0.05) is 23.5 Å². The number of thiazole rings is 1. The number of benzene rings is 1. The Morgan fingerprint density at radius 1 is 1.27 bits per heavy atom. The first-order chi connectivity index (χ1) is 12.7. The van der Waals surface area contributed by atoms with Crippen LogP contribution in [-0.2, 0) is 0 Å². The minimum absolute atomic E-state index is 0.173.